The highest BCUT2D eigenvalue weighted by atomic mass is 32.2. The topological polar surface area (TPSA) is 81.5 Å². The summed E-state index contributed by atoms with van der Waals surface area (Å²) in [5.41, 5.74) is 2.74. The summed E-state index contributed by atoms with van der Waals surface area (Å²) in [6.45, 7) is 9.91. The molecule has 0 fully saturated rings. The summed E-state index contributed by atoms with van der Waals surface area (Å²) in [6.07, 6.45) is 0. The molecule has 3 aromatic carbocycles. The third-order valence-corrected chi connectivity index (χ3v) is 8.64. The number of rotatable bonds is 6. The average Bonchev–Trinajstić information content (AvgIpc) is 2.87. The van der Waals surface area contributed by atoms with Crippen molar-refractivity contribution in [3.05, 3.63) is 94.0 Å². The number of aromatic nitrogens is 2. The molecule has 0 saturated heterocycles. The minimum Gasteiger partial charge on any atom is -0.497 e. The van der Waals surface area contributed by atoms with Crippen molar-refractivity contribution >= 4 is 20.9 Å². The van der Waals surface area contributed by atoms with Crippen LogP contribution in [0.15, 0.2) is 76.4 Å². The molecular formula is C29H33N3O4S. The molecule has 1 unspecified atom stereocenters. The summed E-state index contributed by atoms with van der Waals surface area (Å²) in [6, 6.07) is 18.7. The zero-order chi connectivity index (χ0) is 27.1. The summed E-state index contributed by atoms with van der Waals surface area (Å²) in [5.74, 6) is 0.972. The molecular weight excluding hydrogens is 486 g/mol. The maximum atomic E-state index is 13.7. The molecule has 4 rings (SSSR count). The summed E-state index contributed by atoms with van der Waals surface area (Å²) in [5, 5.41) is 0.459. The molecule has 0 aliphatic heterocycles. The lowest BCUT2D eigenvalue weighted by molar-refractivity contribution is 0.379. The SMILES string of the molecule is COc1ccc(-n2c(C(C)N(C)S(=O)(=O)c3ccc(C(C)(C)C)cc3)nc3cc(C)ccc3c2=O)cc1. The number of sulfonamides is 1. The van der Waals surface area contributed by atoms with E-state index in [1.165, 1.54) is 15.9 Å². The number of hydrogen-bond acceptors (Lipinski definition) is 5. The summed E-state index contributed by atoms with van der Waals surface area (Å²) in [7, 11) is -0.786. The molecule has 194 valence electrons. The Labute approximate surface area is 218 Å². The molecule has 7 nitrogen and oxygen atoms in total. The molecule has 0 radical (unpaired) electrons. The lowest BCUT2D eigenvalue weighted by Gasteiger charge is -2.27. The van der Waals surface area contributed by atoms with Crippen LogP contribution in [0.4, 0.5) is 0 Å². The van der Waals surface area contributed by atoms with Crippen LogP contribution >= 0.6 is 0 Å². The van der Waals surface area contributed by atoms with Crippen LogP contribution in [-0.4, -0.2) is 36.4 Å². The second-order valence-electron chi connectivity index (χ2n) is 10.3. The van der Waals surface area contributed by atoms with E-state index in [4.69, 9.17) is 9.72 Å². The number of methoxy groups -OCH3 is 1. The first-order valence-electron chi connectivity index (χ1n) is 12.1. The zero-order valence-corrected chi connectivity index (χ0v) is 23.1. The molecule has 1 heterocycles. The highest BCUT2D eigenvalue weighted by Crippen LogP contribution is 2.29. The van der Waals surface area contributed by atoms with Gasteiger partial charge in [0.05, 0.1) is 34.6 Å². The van der Waals surface area contributed by atoms with Gasteiger partial charge >= 0.3 is 0 Å². The van der Waals surface area contributed by atoms with Crippen LogP contribution in [0.1, 0.15) is 50.7 Å². The molecule has 0 aliphatic rings. The van der Waals surface area contributed by atoms with E-state index in [0.29, 0.717) is 28.2 Å². The summed E-state index contributed by atoms with van der Waals surface area (Å²) in [4.78, 5) is 18.7. The Bertz CT molecular complexity index is 1600. The van der Waals surface area contributed by atoms with E-state index in [1.54, 1.807) is 56.5 Å². The second kappa shape index (κ2) is 9.76. The van der Waals surface area contributed by atoms with E-state index in [0.717, 1.165) is 11.1 Å². The van der Waals surface area contributed by atoms with Gasteiger partial charge in [0, 0.05) is 7.05 Å². The molecule has 1 aromatic heterocycles. The van der Waals surface area contributed by atoms with Gasteiger partial charge in [-0.25, -0.2) is 13.4 Å². The second-order valence-corrected chi connectivity index (χ2v) is 12.3. The summed E-state index contributed by atoms with van der Waals surface area (Å²) >= 11 is 0. The first-order chi connectivity index (χ1) is 17.3. The number of ether oxygens (including phenoxy) is 1. The van der Waals surface area contributed by atoms with Crippen molar-refractivity contribution in [2.75, 3.05) is 14.2 Å². The fraction of sp³-hybridized carbons (Fsp3) is 0.310. The molecule has 1 atom stereocenters. The van der Waals surface area contributed by atoms with E-state index in [9.17, 15) is 13.2 Å². The largest absolute Gasteiger partial charge is 0.497 e. The number of hydrogen-bond donors (Lipinski definition) is 0. The molecule has 8 heteroatoms. The third-order valence-electron chi connectivity index (χ3n) is 6.70. The lowest BCUT2D eigenvalue weighted by Crippen LogP contribution is -2.35. The van der Waals surface area contributed by atoms with Crippen molar-refractivity contribution in [2.45, 2.75) is 51.0 Å². The van der Waals surface area contributed by atoms with Gasteiger partial charge in [-0.15, -0.1) is 0 Å². The van der Waals surface area contributed by atoms with E-state index >= 15 is 0 Å². The Hall–Kier alpha value is -3.49. The predicted octanol–water partition coefficient (Wildman–Crippen LogP) is 5.38. The van der Waals surface area contributed by atoms with Gasteiger partial charge in [0.15, 0.2) is 0 Å². The van der Waals surface area contributed by atoms with Crippen molar-refractivity contribution in [3.63, 3.8) is 0 Å². The molecule has 0 amide bonds. The Morgan fingerprint density at radius 2 is 1.59 bits per heavy atom. The minimum atomic E-state index is -3.87. The highest BCUT2D eigenvalue weighted by molar-refractivity contribution is 7.89. The van der Waals surface area contributed by atoms with Gasteiger partial charge in [-0.1, -0.05) is 39.0 Å². The molecule has 4 aromatic rings. The van der Waals surface area contributed by atoms with Gasteiger partial charge in [-0.3, -0.25) is 9.36 Å². The Balaban J connectivity index is 1.86. The number of aryl methyl sites for hydroxylation is 1. The first kappa shape index (κ1) is 26.6. The van der Waals surface area contributed by atoms with Crippen molar-refractivity contribution in [3.8, 4) is 11.4 Å². The normalized spacial score (nSPS) is 13.2. The van der Waals surface area contributed by atoms with Crippen LogP contribution in [-0.2, 0) is 15.4 Å². The van der Waals surface area contributed by atoms with Crippen LogP contribution in [0.3, 0.4) is 0 Å². The highest BCUT2D eigenvalue weighted by Gasteiger charge is 2.30. The fourth-order valence-corrected chi connectivity index (χ4v) is 5.56. The standard InChI is InChI=1S/C29H33N3O4S/c1-19-8-17-25-26(18-19)30-27(32(28(25)33)22-11-13-23(36-7)14-12-22)20(2)31(6)37(34,35)24-15-9-21(10-16-24)29(3,4)5/h8-18,20H,1-7H3. The quantitative estimate of drug-likeness (QED) is 0.342. The average molecular weight is 520 g/mol. The Kier molecular flexibility index (Phi) is 7.01. The van der Waals surface area contributed by atoms with Gasteiger partial charge in [-0.2, -0.15) is 4.31 Å². The lowest BCUT2D eigenvalue weighted by atomic mass is 9.87. The zero-order valence-electron chi connectivity index (χ0n) is 22.3. The van der Waals surface area contributed by atoms with Crippen molar-refractivity contribution < 1.29 is 13.2 Å². The van der Waals surface area contributed by atoms with Crippen LogP contribution in [0.5, 0.6) is 5.75 Å². The molecule has 37 heavy (non-hydrogen) atoms. The minimum absolute atomic E-state index is 0.0942. The van der Waals surface area contributed by atoms with Crippen LogP contribution in [0.2, 0.25) is 0 Å². The smallest absolute Gasteiger partial charge is 0.266 e. The van der Waals surface area contributed by atoms with E-state index in [2.05, 4.69) is 20.8 Å². The maximum absolute atomic E-state index is 13.7. The van der Waals surface area contributed by atoms with E-state index in [1.807, 2.05) is 31.2 Å². The van der Waals surface area contributed by atoms with Crippen LogP contribution in [0.25, 0.3) is 16.6 Å². The van der Waals surface area contributed by atoms with Gasteiger partial charge in [-0.05, 0) is 78.9 Å². The number of benzene rings is 3. The van der Waals surface area contributed by atoms with Crippen LogP contribution < -0.4 is 10.3 Å². The van der Waals surface area contributed by atoms with E-state index < -0.39 is 16.1 Å². The predicted molar refractivity (Wildman–Crippen MR) is 147 cm³/mol. The Morgan fingerprint density at radius 3 is 2.16 bits per heavy atom. The summed E-state index contributed by atoms with van der Waals surface area (Å²) < 4.78 is 35.3. The molecule has 0 aliphatic carbocycles. The van der Waals surface area contributed by atoms with Gasteiger partial charge in [0.1, 0.15) is 11.6 Å². The third kappa shape index (κ3) is 5.04. The first-order valence-corrected chi connectivity index (χ1v) is 13.5. The maximum Gasteiger partial charge on any atom is 0.266 e. The van der Waals surface area contributed by atoms with Crippen LogP contribution in [0, 0.1) is 6.92 Å². The number of fused-ring (bicyclic) bond motifs is 1. The Morgan fingerprint density at radius 1 is 0.973 bits per heavy atom. The van der Waals surface area contributed by atoms with Crippen molar-refractivity contribution in [1.29, 1.82) is 0 Å². The van der Waals surface area contributed by atoms with Crippen molar-refractivity contribution in [1.82, 2.24) is 13.9 Å². The van der Waals surface area contributed by atoms with E-state index in [-0.39, 0.29) is 15.9 Å². The molecule has 0 N–H and O–H groups in total. The van der Waals surface area contributed by atoms with Gasteiger partial charge in [0.2, 0.25) is 10.0 Å². The molecule has 0 spiro atoms. The molecule has 0 saturated carbocycles. The number of nitrogens with zero attached hydrogens (tertiary/aromatic N) is 3. The van der Waals surface area contributed by atoms with Gasteiger partial charge in [0.25, 0.3) is 5.56 Å². The fourth-order valence-electron chi connectivity index (χ4n) is 4.24. The van der Waals surface area contributed by atoms with Crippen molar-refractivity contribution in [2.24, 2.45) is 0 Å². The van der Waals surface area contributed by atoms with Gasteiger partial charge < -0.3 is 4.74 Å². The molecule has 0 bridgehead atoms. The monoisotopic (exact) mass is 519 g/mol.